The molecule has 3 aromatic rings. The number of nitrogens with zero attached hydrogens (tertiary/aromatic N) is 1. The highest BCUT2D eigenvalue weighted by Gasteiger charge is 2.24. The molecule has 3 aromatic carbocycles. The van der Waals surface area contributed by atoms with Crippen LogP contribution in [0.3, 0.4) is 0 Å². The molecule has 0 N–H and O–H groups in total. The molecule has 0 saturated heterocycles. The lowest BCUT2D eigenvalue weighted by atomic mass is 9.92. The molecule has 0 aliphatic carbocycles. The number of anilines is 2. The Morgan fingerprint density at radius 2 is 1.58 bits per heavy atom. The van der Waals surface area contributed by atoms with E-state index < -0.39 is 0 Å². The van der Waals surface area contributed by atoms with Crippen LogP contribution in [0.5, 0.6) is 5.75 Å². The SMILES string of the molecule is CN1c2ccccc2Cc2c(C(=O)Oc3ccccc3)cccc21. The van der Waals surface area contributed by atoms with E-state index in [-0.39, 0.29) is 5.97 Å². The third-order valence-corrected chi connectivity index (χ3v) is 4.41. The van der Waals surface area contributed by atoms with Crippen LogP contribution in [0.15, 0.2) is 72.8 Å². The molecule has 3 nitrogen and oxygen atoms in total. The average molecular weight is 315 g/mol. The zero-order chi connectivity index (χ0) is 16.5. The molecule has 0 radical (unpaired) electrons. The second-order valence-corrected chi connectivity index (χ2v) is 5.87. The van der Waals surface area contributed by atoms with Gasteiger partial charge in [0, 0.05) is 24.8 Å². The molecule has 0 aromatic heterocycles. The Morgan fingerprint density at radius 1 is 0.875 bits per heavy atom. The summed E-state index contributed by atoms with van der Waals surface area (Å²) in [6, 6.07) is 23.2. The van der Waals surface area contributed by atoms with Crippen molar-refractivity contribution in [1.82, 2.24) is 0 Å². The average Bonchev–Trinajstić information content (AvgIpc) is 2.62. The van der Waals surface area contributed by atoms with E-state index in [1.165, 1.54) is 11.3 Å². The molecule has 1 aliphatic rings. The van der Waals surface area contributed by atoms with Gasteiger partial charge in [0.2, 0.25) is 0 Å². The van der Waals surface area contributed by atoms with E-state index in [0.29, 0.717) is 11.3 Å². The minimum atomic E-state index is -0.314. The Kier molecular flexibility index (Phi) is 3.54. The van der Waals surface area contributed by atoms with Crippen LogP contribution < -0.4 is 9.64 Å². The van der Waals surface area contributed by atoms with Crippen molar-refractivity contribution in [2.45, 2.75) is 6.42 Å². The first-order chi connectivity index (χ1) is 11.7. The predicted molar refractivity (Wildman–Crippen MR) is 95.2 cm³/mol. The highest BCUT2D eigenvalue weighted by Crippen LogP contribution is 2.38. The van der Waals surface area contributed by atoms with Crippen LogP contribution in [0.25, 0.3) is 0 Å². The third-order valence-electron chi connectivity index (χ3n) is 4.41. The van der Waals surface area contributed by atoms with Gasteiger partial charge in [0.25, 0.3) is 0 Å². The molecule has 0 unspecified atom stereocenters. The lowest BCUT2D eigenvalue weighted by molar-refractivity contribution is 0.0734. The van der Waals surface area contributed by atoms with E-state index in [4.69, 9.17) is 4.74 Å². The third kappa shape index (κ3) is 2.44. The van der Waals surface area contributed by atoms with Gasteiger partial charge in [-0.25, -0.2) is 4.79 Å². The lowest BCUT2D eigenvalue weighted by Crippen LogP contribution is -2.22. The lowest BCUT2D eigenvalue weighted by Gasteiger charge is -2.31. The number of ether oxygens (including phenoxy) is 1. The van der Waals surface area contributed by atoms with E-state index in [2.05, 4.69) is 17.0 Å². The minimum absolute atomic E-state index is 0.314. The smallest absolute Gasteiger partial charge is 0.343 e. The largest absolute Gasteiger partial charge is 0.423 e. The van der Waals surface area contributed by atoms with Gasteiger partial charge in [-0.15, -0.1) is 0 Å². The number of esters is 1. The fourth-order valence-electron chi connectivity index (χ4n) is 3.22. The molecule has 4 rings (SSSR count). The van der Waals surface area contributed by atoms with Gasteiger partial charge in [-0.05, 0) is 41.5 Å². The number of benzene rings is 3. The highest BCUT2D eigenvalue weighted by molar-refractivity contribution is 5.95. The minimum Gasteiger partial charge on any atom is -0.423 e. The van der Waals surface area contributed by atoms with Crippen LogP contribution in [0.1, 0.15) is 21.5 Å². The molecule has 1 heterocycles. The molecule has 0 fully saturated rings. The highest BCUT2D eigenvalue weighted by atomic mass is 16.5. The maximum absolute atomic E-state index is 12.7. The van der Waals surface area contributed by atoms with E-state index >= 15 is 0 Å². The first kappa shape index (κ1) is 14.5. The van der Waals surface area contributed by atoms with Crippen molar-refractivity contribution in [1.29, 1.82) is 0 Å². The van der Waals surface area contributed by atoms with E-state index in [1.54, 1.807) is 12.1 Å². The van der Waals surface area contributed by atoms with Crippen LogP contribution in [0, 0.1) is 0 Å². The van der Waals surface area contributed by atoms with Gasteiger partial charge >= 0.3 is 5.97 Å². The fraction of sp³-hybridized carbons (Fsp3) is 0.0952. The summed E-state index contributed by atoms with van der Waals surface area (Å²) in [7, 11) is 2.03. The van der Waals surface area contributed by atoms with Gasteiger partial charge in [0.05, 0.1) is 5.56 Å². The van der Waals surface area contributed by atoms with Gasteiger partial charge in [-0.1, -0.05) is 42.5 Å². The van der Waals surface area contributed by atoms with Crippen molar-refractivity contribution in [3.8, 4) is 5.75 Å². The topological polar surface area (TPSA) is 29.5 Å². The molecule has 0 saturated carbocycles. The van der Waals surface area contributed by atoms with Crippen molar-refractivity contribution < 1.29 is 9.53 Å². The maximum atomic E-state index is 12.7. The number of hydrogen-bond donors (Lipinski definition) is 0. The van der Waals surface area contributed by atoms with Gasteiger partial charge in [-0.2, -0.15) is 0 Å². The fourth-order valence-corrected chi connectivity index (χ4v) is 3.22. The van der Waals surface area contributed by atoms with Crippen LogP contribution >= 0.6 is 0 Å². The quantitative estimate of drug-likeness (QED) is 0.512. The Labute approximate surface area is 141 Å². The zero-order valence-electron chi connectivity index (χ0n) is 13.4. The second kappa shape index (κ2) is 5.85. The molecular formula is C21H17NO2. The summed E-state index contributed by atoms with van der Waals surface area (Å²) in [4.78, 5) is 14.8. The van der Waals surface area contributed by atoms with Gasteiger partial charge < -0.3 is 9.64 Å². The maximum Gasteiger partial charge on any atom is 0.343 e. The van der Waals surface area contributed by atoms with Crippen LogP contribution in [0.4, 0.5) is 11.4 Å². The Hall–Kier alpha value is -3.07. The van der Waals surface area contributed by atoms with Crippen molar-refractivity contribution >= 4 is 17.3 Å². The van der Waals surface area contributed by atoms with Gasteiger partial charge in [0.1, 0.15) is 5.75 Å². The van der Waals surface area contributed by atoms with Crippen LogP contribution in [0.2, 0.25) is 0 Å². The first-order valence-corrected chi connectivity index (χ1v) is 7.95. The van der Waals surface area contributed by atoms with E-state index in [9.17, 15) is 4.79 Å². The summed E-state index contributed by atoms with van der Waals surface area (Å²) in [6.07, 6.45) is 0.732. The summed E-state index contributed by atoms with van der Waals surface area (Å²) in [6.45, 7) is 0. The molecule has 0 bridgehead atoms. The molecule has 1 aliphatic heterocycles. The van der Waals surface area contributed by atoms with Crippen molar-refractivity contribution in [2.24, 2.45) is 0 Å². The van der Waals surface area contributed by atoms with Gasteiger partial charge in [0.15, 0.2) is 0 Å². The number of hydrogen-bond acceptors (Lipinski definition) is 3. The summed E-state index contributed by atoms with van der Waals surface area (Å²) in [5, 5.41) is 0. The number of para-hydroxylation sites is 2. The normalized spacial score (nSPS) is 12.3. The predicted octanol–water partition coefficient (Wildman–Crippen LogP) is 4.58. The van der Waals surface area contributed by atoms with Crippen molar-refractivity contribution in [3.05, 3.63) is 89.5 Å². The Bertz CT molecular complexity index is 903. The van der Waals surface area contributed by atoms with Crippen molar-refractivity contribution in [3.63, 3.8) is 0 Å². The standard InChI is InChI=1S/C21H17NO2/c1-22-19-12-6-5-8-15(19)14-18-17(11-7-13-20(18)22)21(23)24-16-9-3-2-4-10-16/h2-13H,14H2,1H3. The number of rotatable bonds is 2. The number of carbonyl (C=O) groups is 1. The summed E-state index contributed by atoms with van der Waals surface area (Å²) >= 11 is 0. The monoisotopic (exact) mass is 315 g/mol. The second-order valence-electron chi connectivity index (χ2n) is 5.87. The summed E-state index contributed by atoms with van der Waals surface area (Å²) in [5.41, 5.74) is 5.08. The van der Waals surface area contributed by atoms with Crippen LogP contribution in [-0.2, 0) is 6.42 Å². The number of carbonyl (C=O) groups excluding carboxylic acids is 1. The van der Waals surface area contributed by atoms with Crippen LogP contribution in [-0.4, -0.2) is 13.0 Å². The molecular weight excluding hydrogens is 298 g/mol. The molecule has 0 atom stereocenters. The molecule has 0 amide bonds. The summed E-state index contributed by atoms with van der Waals surface area (Å²) in [5.74, 6) is 0.246. The van der Waals surface area contributed by atoms with Gasteiger partial charge in [-0.3, -0.25) is 0 Å². The zero-order valence-corrected chi connectivity index (χ0v) is 13.4. The molecule has 118 valence electrons. The van der Waals surface area contributed by atoms with E-state index in [1.807, 2.05) is 55.6 Å². The number of fused-ring (bicyclic) bond motifs is 2. The van der Waals surface area contributed by atoms with Crippen molar-refractivity contribution in [2.75, 3.05) is 11.9 Å². The molecule has 0 spiro atoms. The Morgan fingerprint density at radius 3 is 2.42 bits per heavy atom. The Balaban J connectivity index is 1.73. The van der Waals surface area contributed by atoms with E-state index in [0.717, 1.165) is 17.7 Å². The first-order valence-electron chi connectivity index (χ1n) is 7.95. The molecule has 24 heavy (non-hydrogen) atoms. The molecule has 3 heteroatoms. The summed E-state index contributed by atoms with van der Waals surface area (Å²) < 4.78 is 5.53.